The molecule has 34 heavy (non-hydrogen) atoms. The summed E-state index contributed by atoms with van der Waals surface area (Å²) in [5.41, 5.74) is 1.32. The third-order valence-electron chi connectivity index (χ3n) is 4.81. The molecule has 0 spiro atoms. The van der Waals surface area contributed by atoms with E-state index in [-0.39, 0.29) is 17.1 Å². The Balaban J connectivity index is 1.54. The molecule has 3 aromatic carbocycles. The first-order valence-corrected chi connectivity index (χ1v) is 9.69. The van der Waals surface area contributed by atoms with Crippen LogP contribution in [0, 0.1) is 10.1 Å². The minimum absolute atomic E-state index is 0.101. The smallest absolute Gasteiger partial charge is 0.416 e. The van der Waals surface area contributed by atoms with Crippen LogP contribution in [0.1, 0.15) is 11.1 Å². The Hall–Kier alpha value is -4.67. The fourth-order valence-corrected chi connectivity index (χ4v) is 3.16. The number of rotatable bonds is 5. The van der Waals surface area contributed by atoms with Gasteiger partial charge in [-0.15, -0.1) is 0 Å². The average molecular weight is 469 g/mol. The van der Waals surface area contributed by atoms with Gasteiger partial charge in [-0.3, -0.25) is 25.1 Å². The van der Waals surface area contributed by atoms with Crippen molar-refractivity contribution in [1.29, 1.82) is 0 Å². The number of nitro groups is 1. The number of halogens is 3. The standard InChI is InChI=1S/C23H14F3N3O5/c24-23(25,26)15-8-11-20(19(13-15)29(32)33)34-17-9-6-14(7-10-17)12-18-21(30)27-28(22(18)31)16-4-2-1-3-5-16/h1-13H,(H,27,30)/b18-12+. The molecule has 0 unspecified atom stereocenters. The number of carbonyl (C=O) groups excluding carboxylic acids is 2. The monoisotopic (exact) mass is 469 g/mol. The van der Waals surface area contributed by atoms with Gasteiger partial charge in [-0.2, -0.15) is 13.2 Å². The lowest BCUT2D eigenvalue weighted by atomic mass is 10.1. The van der Waals surface area contributed by atoms with Gasteiger partial charge >= 0.3 is 11.9 Å². The van der Waals surface area contributed by atoms with E-state index in [9.17, 15) is 32.9 Å². The normalized spacial score (nSPS) is 14.9. The zero-order chi connectivity index (χ0) is 24.5. The maximum Gasteiger partial charge on any atom is 0.416 e. The van der Waals surface area contributed by atoms with Gasteiger partial charge in [0.25, 0.3) is 11.8 Å². The van der Waals surface area contributed by atoms with Gasteiger partial charge in [-0.05, 0) is 48.0 Å². The van der Waals surface area contributed by atoms with Crippen LogP contribution in [-0.2, 0) is 15.8 Å². The number of carbonyl (C=O) groups is 2. The second-order valence-electron chi connectivity index (χ2n) is 7.08. The number of ether oxygens (including phenoxy) is 1. The van der Waals surface area contributed by atoms with E-state index in [4.69, 9.17) is 4.74 Å². The molecule has 11 heteroatoms. The summed E-state index contributed by atoms with van der Waals surface area (Å²) in [6, 6.07) is 16.3. The summed E-state index contributed by atoms with van der Waals surface area (Å²) in [5, 5.41) is 12.3. The van der Waals surface area contributed by atoms with E-state index >= 15 is 0 Å². The number of alkyl halides is 3. The predicted octanol–water partition coefficient (Wildman–Crippen LogP) is 4.87. The highest BCUT2D eigenvalue weighted by Gasteiger charge is 2.35. The fourth-order valence-electron chi connectivity index (χ4n) is 3.16. The van der Waals surface area contributed by atoms with Gasteiger partial charge < -0.3 is 4.74 Å². The minimum Gasteiger partial charge on any atom is -0.450 e. The molecular weight excluding hydrogens is 455 g/mol. The summed E-state index contributed by atoms with van der Waals surface area (Å²) >= 11 is 0. The molecule has 172 valence electrons. The molecule has 8 nitrogen and oxygen atoms in total. The maximum absolute atomic E-state index is 12.9. The Morgan fingerprint density at radius 2 is 1.65 bits per heavy atom. The van der Waals surface area contributed by atoms with Crippen LogP contribution >= 0.6 is 0 Å². The molecule has 1 saturated heterocycles. The first-order chi connectivity index (χ1) is 16.1. The van der Waals surface area contributed by atoms with E-state index in [1.807, 2.05) is 0 Å². The second-order valence-corrected chi connectivity index (χ2v) is 7.08. The van der Waals surface area contributed by atoms with Crippen LogP contribution < -0.4 is 15.2 Å². The number of amides is 2. The lowest BCUT2D eigenvalue weighted by Crippen LogP contribution is -2.35. The van der Waals surface area contributed by atoms with Crippen LogP contribution in [0.5, 0.6) is 11.5 Å². The van der Waals surface area contributed by atoms with Crippen molar-refractivity contribution in [2.75, 3.05) is 5.01 Å². The topological polar surface area (TPSA) is 102 Å². The number of para-hydroxylation sites is 1. The zero-order valence-electron chi connectivity index (χ0n) is 17.1. The van der Waals surface area contributed by atoms with Gasteiger partial charge in [0.1, 0.15) is 11.3 Å². The molecule has 0 radical (unpaired) electrons. The predicted molar refractivity (Wildman–Crippen MR) is 115 cm³/mol. The highest BCUT2D eigenvalue weighted by Crippen LogP contribution is 2.38. The number of benzene rings is 3. The number of hydrogen-bond donors (Lipinski definition) is 1. The highest BCUT2D eigenvalue weighted by atomic mass is 19.4. The Kier molecular flexibility index (Phi) is 5.76. The minimum atomic E-state index is -4.74. The zero-order valence-corrected chi connectivity index (χ0v) is 17.1. The second kappa shape index (κ2) is 8.70. The lowest BCUT2D eigenvalue weighted by molar-refractivity contribution is -0.385. The summed E-state index contributed by atoms with van der Waals surface area (Å²) < 4.78 is 44.0. The Morgan fingerprint density at radius 3 is 2.26 bits per heavy atom. The van der Waals surface area contributed by atoms with Crippen molar-refractivity contribution in [1.82, 2.24) is 5.43 Å². The van der Waals surface area contributed by atoms with Gasteiger partial charge in [0, 0.05) is 6.07 Å². The van der Waals surface area contributed by atoms with Crippen molar-refractivity contribution in [3.8, 4) is 11.5 Å². The number of nitrogens with zero attached hydrogens (tertiary/aromatic N) is 2. The van der Waals surface area contributed by atoms with Gasteiger partial charge in [0.2, 0.25) is 5.75 Å². The van der Waals surface area contributed by atoms with E-state index in [0.717, 1.165) is 11.1 Å². The summed E-state index contributed by atoms with van der Waals surface area (Å²) in [4.78, 5) is 35.1. The molecule has 4 rings (SSSR count). The number of hydrogen-bond acceptors (Lipinski definition) is 5. The summed E-state index contributed by atoms with van der Waals surface area (Å²) in [5.74, 6) is -1.39. The third kappa shape index (κ3) is 4.58. The van der Waals surface area contributed by atoms with Crippen LogP contribution in [0.2, 0.25) is 0 Å². The van der Waals surface area contributed by atoms with Gasteiger partial charge in [0.15, 0.2) is 0 Å². The number of hydrazine groups is 1. The van der Waals surface area contributed by atoms with Crippen molar-refractivity contribution in [2.45, 2.75) is 6.18 Å². The van der Waals surface area contributed by atoms with E-state index in [2.05, 4.69) is 5.43 Å². The fraction of sp³-hybridized carbons (Fsp3) is 0.0435. The third-order valence-corrected chi connectivity index (χ3v) is 4.81. The van der Waals surface area contributed by atoms with Crippen LogP contribution in [0.25, 0.3) is 6.08 Å². The molecule has 1 aliphatic rings. The van der Waals surface area contributed by atoms with Gasteiger partial charge in [-0.25, -0.2) is 5.01 Å². The molecule has 0 bridgehead atoms. The maximum atomic E-state index is 12.9. The molecule has 1 fully saturated rings. The molecule has 1 N–H and O–H groups in total. The van der Waals surface area contributed by atoms with Crippen molar-refractivity contribution < 1.29 is 32.4 Å². The molecule has 1 aliphatic heterocycles. The number of nitro benzene ring substituents is 1. The van der Waals surface area contributed by atoms with Crippen LogP contribution in [0.3, 0.4) is 0 Å². The largest absolute Gasteiger partial charge is 0.450 e. The molecule has 1 heterocycles. The lowest BCUT2D eigenvalue weighted by Gasteiger charge is -2.13. The van der Waals surface area contributed by atoms with Crippen molar-refractivity contribution in [2.24, 2.45) is 0 Å². The average Bonchev–Trinajstić information content (AvgIpc) is 3.08. The van der Waals surface area contributed by atoms with Crippen molar-refractivity contribution in [3.63, 3.8) is 0 Å². The quantitative estimate of drug-likeness (QED) is 0.249. The SMILES string of the molecule is O=C1NN(c2ccccc2)C(=O)/C1=C/c1ccc(Oc2ccc(C(F)(F)F)cc2[N+](=O)[O-])cc1. The Bertz CT molecular complexity index is 1310. The molecule has 2 amide bonds. The van der Waals surface area contributed by atoms with Crippen LogP contribution in [0.4, 0.5) is 24.5 Å². The molecule has 0 atom stereocenters. The van der Waals surface area contributed by atoms with E-state index < -0.39 is 34.2 Å². The summed E-state index contributed by atoms with van der Waals surface area (Å²) in [7, 11) is 0. The van der Waals surface area contributed by atoms with Gasteiger partial charge in [0.05, 0.1) is 16.2 Å². The molecule has 0 aliphatic carbocycles. The molecular formula is C23H14F3N3O5. The van der Waals surface area contributed by atoms with Crippen molar-refractivity contribution in [3.05, 3.63) is 99.6 Å². The Labute approximate surface area is 190 Å². The summed E-state index contributed by atoms with van der Waals surface area (Å²) in [6.07, 6.45) is -3.37. The number of nitrogens with one attached hydrogen (secondary N) is 1. The first-order valence-electron chi connectivity index (χ1n) is 9.69. The van der Waals surface area contributed by atoms with Crippen molar-refractivity contribution >= 4 is 29.3 Å². The van der Waals surface area contributed by atoms with Crippen LogP contribution in [-0.4, -0.2) is 16.7 Å². The number of anilines is 1. The summed E-state index contributed by atoms with van der Waals surface area (Å²) in [6.45, 7) is 0. The molecule has 0 aromatic heterocycles. The van der Waals surface area contributed by atoms with E-state index in [1.165, 1.54) is 30.3 Å². The molecule has 0 saturated carbocycles. The van der Waals surface area contributed by atoms with Crippen LogP contribution in [0.15, 0.2) is 78.4 Å². The highest BCUT2D eigenvalue weighted by molar-refractivity contribution is 6.31. The van der Waals surface area contributed by atoms with E-state index in [0.29, 0.717) is 23.4 Å². The first kappa shape index (κ1) is 22.5. The van der Waals surface area contributed by atoms with Gasteiger partial charge in [-0.1, -0.05) is 30.3 Å². The Morgan fingerprint density at radius 1 is 0.971 bits per heavy atom. The van der Waals surface area contributed by atoms with E-state index in [1.54, 1.807) is 30.3 Å². The molecule has 3 aromatic rings.